The Morgan fingerprint density at radius 1 is 0.545 bits per heavy atom. The van der Waals surface area contributed by atoms with E-state index in [0.717, 1.165) is 18.7 Å². The van der Waals surface area contributed by atoms with Gasteiger partial charge in [0.2, 0.25) is 11.6 Å². The number of benzene rings is 4. The molecular formula is C39H40N2O2P+. The molecule has 6 rings (SSSR count). The summed E-state index contributed by atoms with van der Waals surface area (Å²) in [6.07, 6.45) is 9.26. The van der Waals surface area contributed by atoms with Crippen LogP contribution in [0.3, 0.4) is 0 Å². The van der Waals surface area contributed by atoms with Crippen LogP contribution in [0, 0.1) is 6.92 Å². The molecule has 44 heavy (non-hydrogen) atoms. The summed E-state index contributed by atoms with van der Waals surface area (Å²) < 4.78 is 1.96. The van der Waals surface area contributed by atoms with Gasteiger partial charge in [-0.1, -0.05) is 105 Å². The number of rotatable bonds is 13. The molecule has 4 nitrogen and oxygen atoms in total. The second-order valence-electron chi connectivity index (χ2n) is 11.7. The Morgan fingerprint density at radius 3 is 1.50 bits per heavy atom. The van der Waals surface area contributed by atoms with Gasteiger partial charge in [-0.2, -0.15) is 0 Å². The quantitative estimate of drug-likeness (QED) is 0.101. The summed E-state index contributed by atoms with van der Waals surface area (Å²) in [5.74, 6) is 0.512. The van der Waals surface area contributed by atoms with Crippen molar-refractivity contribution in [3.05, 3.63) is 144 Å². The molecule has 5 heteroatoms. The van der Waals surface area contributed by atoms with Crippen LogP contribution in [-0.2, 0) is 6.54 Å². The van der Waals surface area contributed by atoms with Crippen molar-refractivity contribution in [1.29, 1.82) is 0 Å². The molecule has 222 valence electrons. The Morgan fingerprint density at radius 2 is 0.977 bits per heavy atom. The highest BCUT2D eigenvalue weighted by Crippen LogP contribution is 2.56. The van der Waals surface area contributed by atoms with Crippen LogP contribution in [0.5, 0.6) is 0 Å². The van der Waals surface area contributed by atoms with Gasteiger partial charge in [-0.05, 0) is 62.6 Å². The average Bonchev–Trinajstić information content (AvgIpc) is 3.42. The number of carbonyl (C=O) groups excluding carboxylic acids is 2. The molecule has 1 aliphatic carbocycles. The van der Waals surface area contributed by atoms with Gasteiger partial charge in [0.05, 0.1) is 6.16 Å². The summed E-state index contributed by atoms with van der Waals surface area (Å²) in [7, 11) is -1.75. The van der Waals surface area contributed by atoms with Gasteiger partial charge in [0, 0.05) is 17.7 Å². The van der Waals surface area contributed by atoms with E-state index in [-0.39, 0.29) is 11.6 Å². The molecule has 0 atom stereocenters. The second kappa shape index (κ2) is 13.7. The van der Waals surface area contributed by atoms with Gasteiger partial charge in [0.25, 0.3) is 0 Å². The molecule has 0 bridgehead atoms. The van der Waals surface area contributed by atoms with Crippen molar-refractivity contribution in [3.63, 3.8) is 0 Å². The first-order chi connectivity index (χ1) is 21.6. The predicted molar refractivity (Wildman–Crippen MR) is 183 cm³/mol. The molecule has 0 saturated carbocycles. The minimum Gasteiger partial charge on any atom is -0.325 e. The lowest BCUT2D eigenvalue weighted by Crippen LogP contribution is -2.33. The number of carbonyl (C=O) groups is 2. The first-order valence-electron chi connectivity index (χ1n) is 15.9. The third-order valence-electron chi connectivity index (χ3n) is 8.97. The normalized spacial score (nSPS) is 12.7. The van der Waals surface area contributed by atoms with Crippen molar-refractivity contribution >= 4 is 34.7 Å². The third-order valence-corrected chi connectivity index (χ3v) is 13.5. The number of aryl methyl sites for hydroxylation is 1. The smallest absolute Gasteiger partial charge is 0.214 e. The maximum atomic E-state index is 13.3. The van der Waals surface area contributed by atoms with Crippen molar-refractivity contribution in [3.8, 4) is 0 Å². The van der Waals surface area contributed by atoms with Gasteiger partial charge in [-0.3, -0.25) is 9.59 Å². The van der Waals surface area contributed by atoms with E-state index in [2.05, 4.69) is 96.0 Å². The van der Waals surface area contributed by atoms with E-state index >= 15 is 0 Å². The summed E-state index contributed by atoms with van der Waals surface area (Å²) >= 11 is 0. The van der Waals surface area contributed by atoms with E-state index in [1.807, 2.05) is 17.6 Å². The SMILES string of the molecule is Cc1nc2c(n1CCCCCCCCC[P+](c1ccccc1)(c1ccccc1)c1ccccc1)C(=O)c1ccccc1C2=O. The Kier molecular flexibility index (Phi) is 9.28. The lowest BCUT2D eigenvalue weighted by Gasteiger charge is -2.27. The Labute approximate surface area is 261 Å². The molecule has 1 aromatic heterocycles. The van der Waals surface area contributed by atoms with E-state index in [9.17, 15) is 9.59 Å². The van der Waals surface area contributed by atoms with Crippen molar-refractivity contribution in [2.75, 3.05) is 6.16 Å². The number of imidazole rings is 1. The van der Waals surface area contributed by atoms with E-state index in [1.54, 1.807) is 18.2 Å². The van der Waals surface area contributed by atoms with Gasteiger partial charge in [-0.25, -0.2) is 4.98 Å². The molecule has 0 amide bonds. The van der Waals surface area contributed by atoms with Crippen molar-refractivity contribution in [2.45, 2.75) is 58.4 Å². The highest BCUT2D eigenvalue weighted by atomic mass is 31.2. The second-order valence-corrected chi connectivity index (χ2v) is 15.3. The molecule has 0 unspecified atom stereocenters. The van der Waals surface area contributed by atoms with Crippen molar-refractivity contribution < 1.29 is 9.59 Å². The number of ketones is 2. The highest BCUT2D eigenvalue weighted by Gasteiger charge is 2.44. The fraction of sp³-hybridized carbons (Fsp3) is 0.256. The van der Waals surface area contributed by atoms with Gasteiger partial charge in [-0.15, -0.1) is 0 Å². The first-order valence-corrected chi connectivity index (χ1v) is 17.9. The lowest BCUT2D eigenvalue weighted by atomic mass is 9.90. The van der Waals surface area contributed by atoms with E-state index in [1.165, 1.54) is 54.2 Å². The van der Waals surface area contributed by atoms with Crippen molar-refractivity contribution in [1.82, 2.24) is 9.55 Å². The minimum absolute atomic E-state index is 0.0868. The number of unbranched alkanes of at least 4 members (excludes halogenated alkanes) is 6. The van der Waals surface area contributed by atoms with Crippen LogP contribution < -0.4 is 15.9 Å². The van der Waals surface area contributed by atoms with Crippen LogP contribution in [0.25, 0.3) is 0 Å². The molecule has 0 saturated heterocycles. The number of nitrogens with zero attached hydrogens (tertiary/aromatic N) is 2. The summed E-state index contributed by atoms with van der Waals surface area (Å²) in [5, 5.41) is 4.37. The molecule has 5 aromatic rings. The fourth-order valence-electron chi connectivity index (χ4n) is 6.75. The largest absolute Gasteiger partial charge is 0.325 e. The summed E-state index contributed by atoms with van der Waals surface area (Å²) in [6, 6.07) is 40.5. The molecule has 0 fully saturated rings. The van der Waals surface area contributed by atoms with Crippen LogP contribution in [0.15, 0.2) is 115 Å². The zero-order valence-electron chi connectivity index (χ0n) is 25.5. The van der Waals surface area contributed by atoms with E-state index in [4.69, 9.17) is 0 Å². The molecule has 0 aliphatic heterocycles. The maximum absolute atomic E-state index is 13.3. The summed E-state index contributed by atoms with van der Waals surface area (Å²) in [5.41, 5.74) is 1.73. The Balaban J connectivity index is 1.04. The monoisotopic (exact) mass is 599 g/mol. The third kappa shape index (κ3) is 5.84. The molecule has 0 spiro atoms. The standard InChI is InChI=1S/C39H40N2O2P/c1-30-40-36-37(39(43)35-27-17-16-26-34(35)38(36)42)41(30)28-18-5-3-2-4-6-19-29-44(31-20-10-7-11-21-31,32-22-12-8-13-23-32)33-24-14-9-15-25-33/h7-17,20-27H,2-6,18-19,28-29H2,1H3/q+1. The Bertz CT molecular complexity index is 1630. The molecule has 0 radical (unpaired) electrons. The zero-order chi connectivity index (χ0) is 30.4. The summed E-state index contributed by atoms with van der Waals surface area (Å²) in [4.78, 5) is 30.8. The van der Waals surface area contributed by atoms with Gasteiger partial charge in [0.15, 0.2) is 0 Å². The van der Waals surface area contributed by atoms with Crippen molar-refractivity contribution in [2.24, 2.45) is 0 Å². The van der Waals surface area contributed by atoms with Gasteiger partial charge >= 0.3 is 0 Å². The topological polar surface area (TPSA) is 52.0 Å². The van der Waals surface area contributed by atoms with E-state index < -0.39 is 7.26 Å². The highest BCUT2D eigenvalue weighted by molar-refractivity contribution is 7.95. The minimum atomic E-state index is -1.75. The number of hydrogen-bond donors (Lipinski definition) is 0. The molecule has 1 aliphatic rings. The number of aromatic nitrogens is 2. The van der Waals surface area contributed by atoms with Crippen LogP contribution in [0.1, 0.15) is 82.9 Å². The van der Waals surface area contributed by atoms with Crippen LogP contribution >= 0.6 is 7.26 Å². The van der Waals surface area contributed by atoms with Crippen LogP contribution in [-0.4, -0.2) is 27.3 Å². The fourth-order valence-corrected chi connectivity index (χ4v) is 11.2. The summed E-state index contributed by atoms with van der Waals surface area (Å²) in [6.45, 7) is 2.61. The average molecular weight is 600 g/mol. The van der Waals surface area contributed by atoms with Crippen LogP contribution in [0.2, 0.25) is 0 Å². The van der Waals surface area contributed by atoms with Gasteiger partial charge < -0.3 is 4.57 Å². The number of fused-ring (bicyclic) bond motifs is 2. The zero-order valence-corrected chi connectivity index (χ0v) is 26.4. The maximum Gasteiger partial charge on any atom is 0.214 e. The molecule has 0 N–H and O–H groups in total. The van der Waals surface area contributed by atoms with Crippen LogP contribution in [0.4, 0.5) is 0 Å². The Hall–Kier alpha value is -4.14. The first kappa shape index (κ1) is 29.9. The molecular weight excluding hydrogens is 559 g/mol. The number of hydrogen-bond acceptors (Lipinski definition) is 3. The molecule has 4 aromatic carbocycles. The molecule has 1 heterocycles. The lowest BCUT2D eigenvalue weighted by molar-refractivity contribution is 0.0970. The van der Waals surface area contributed by atoms with Gasteiger partial charge in [0.1, 0.15) is 40.4 Å². The van der Waals surface area contributed by atoms with E-state index in [0.29, 0.717) is 29.1 Å². The predicted octanol–water partition coefficient (Wildman–Crippen LogP) is 7.69.